The molecular weight excluding hydrogens is 354 g/mol. The molecule has 1 aromatic heterocycles. The number of hydrogen-bond acceptors (Lipinski definition) is 5. The lowest BCUT2D eigenvalue weighted by molar-refractivity contribution is 0.0600. The summed E-state index contributed by atoms with van der Waals surface area (Å²) in [6.07, 6.45) is 9.61. The Balaban J connectivity index is 1.50. The fraction of sp³-hybridized carbons (Fsp3) is 0.318. The van der Waals surface area contributed by atoms with Gasteiger partial charge in [0.05, 0.1) is 18.2 Å². The number of allylic oxidation sites excluding steroid dienone is 1. The van der Waals surface area contributed by atoms with Crippen LogP contribution in [0.2, 0.25) is 0 Å². The molecule has 2 aromatic rings. The molecule has 0 fully saturated rings. The Labute approximate surface area is 165 Å². The van der Waals surface area contributed by atoms with E-state index in [-0.39, 0.29) is 11.9 Å². The molecule has 1 aromatic carbocycles. The Morgan fingerprint density at radius 2 is 1.86 bits per heavy atom. The van der Waals surface area contributed by atoms with E-state index in [1.165, 1.54) is 25.5 Å². The summed E-state index contributed by atoms with van der Waals surface area (Å²) >= 11 is 0. The minimum absolute atomic E-state index is 0.113. The maximum absolute atomic E-state index is 12.3. The number of pyridine rings is 1. The second-order valence-electron chi connectivity index (χ2n) is 6.74. The first-order valence-electron chi connectivity index (χ1n) is 9.53. The maximum atomic E-state index is 12.3. The van der Waals surface area contributed by atoms with Crippen LogP contribution in [0.1, 0.15) is 52.8 Å². The molecular formula is C22H25N3O3. The number of nitrogens with one attached hydrogen (secondary N) is 2. The molecule has 1 aliphatic carbocycles. The van der Waals surface area contributed by atoms with Crippen LogP contribution in [0.15, 0.2) is 54.2 Å². The summed E-state index contributed by atoms with van der Waals surface area (Å²) in [5, 5.41) is 6.09. The number of nitrogens with zero attached hydrogens (tertiary/aromatic N) is 1. The van der Waals surface area contributed by atoms with Crippen molar-refractivity contribution in [1.29, 1.82) is 0 Å². The van der Waals surface area contributed by atoms with Crippen LogP contribution in [-0.2, 0) is 4.74 Å². The van der Waals surface area contributed by atoms with Crippen molar-refractivity contribution in [2.75, 3.05) is 19.0 Å². The van der Waals surface area contributed by atoms with E-state index < -0.39 is 0 Å². The zero-order valence-electron chi connectivity index (χ0n) is 16.0. The molecule has 6 heteroatoms. The van der Waals surface area contributed by atoms with Crippen LogP contribution < -0.4 is 10.6 Å². The summed E-state index contributed by atoms with van der Waals surface area (Å²) in [7, 11) is 1.35. The van der Waals surface area contributed by atoms with Crippen LogP contribution in [-0.4, -0.2) is 30.5 Å². The Bertz CT molecular complexity index is 842. The molecule has 2 N–H and O–H groups in total. The van der Waals surface area contributed by atoms with Crippen molar-refractivity contribution >= 4 is 23.4 Å². The third kappa shape index (κ3) is 5.42. The highest BCUT2D eigenvalue weighted by molar-refractivity contribution is 5.94. The number of amides is 1. The Hall–Kier alpha value is -3.15. The van der Waals surface area contributed by atoms with Gasteiger partial charge in [0.2, 0.25) is 0 Å². The number of anilines is 2. The first-order chi connectivity index (χ1) is 13.7. The first kappa shape index (κ1) is 19.6. The highest BCUT2D eigenvalue weighted by Crippen LogP contribution is 2.19. The van der Waals surface area contributed by atoms with Crippen LogP contribution in [0.3, 0.4) is 0 Å². The molecule has 0 saturated heterocycles. The van der Waals surface area contributed by atoms with Crippen molar-refractivity contribution < 1.29 is 14.3 Å². The fourth-order valence-corrected chi connectivity index (χ4v) is 3.13. The SMILES string of the molecule is COC(=O)c1ccc(Nc2ccc(C(=O)NCCC3=CCCCC3)cn2)cc1. The summed E-state index contributed by atoms with van der Waals surface area (Å²) < 4.78 is 4.68. The second kappa shape index (κ2) is 9.69. The summed E-state index contributed by atoms with van der Waals surface area (Å²) in [5.41, 5.74) is 3.25. The van der Waals surface area contributed by atoms with Crippen LogP contribution in [0, 0.1) is 0 Å². The summed E-state index contributed by atoms with van der Waals surface area (Å²) in [4.78, 5) is 28.0. The Morgan fingerprint density at radius 1 is 1.07 bits per heavy atom. The van der Waals surface area contributed by atoms with Crippen molar-refractivity contribution in [3.05, 3.63) is 65.4 Å². The molecule has 0 radical (unpaired) electrons. The van der Waals surface area contributed by atoms with Gasteiger partial charge in [0.15, 0.2) is 0 Å². The predicted octanol–water partition coefficient (Wildman–Crippen LogP) is 4.23. The number of esters is 1. The van der Waals surface area contributed by atoms with E-state index >= 15 is 0 Å². The zero-order valence-corrected chi connectivity index (χ0v) is 16.0. The molecule has 0 saturated carbocycles. The smallest absolute Gasteiger partial charge is 0.337 e. The molecule has 3 rings (SSSR count). The third-order valence-corrected chi connectivity index (χ3v) is 4.72. The highest BCUT2D eigenvalue weighted by atomic mass is 16.5. The fourth-order valence-electron chi connectivity index (χ4n) is 3.13. The highest BCUT2D eigenvalue weighted by Gasteiger charge is 2.08. The largest absolute Gasteiger partial charge is 0.465 e. The Morgan fingerprint density at radius 3 is 2.50 bits per heavy atom. The first-order valence-corrected chi connectivity index (χ1v) is 9.53. The average Bonchev–Trinajstić information content (AvgIpc) is 2.75. The number of benzene rings is 1. The number of hydrogen-bond donors (Lipinski definition) is 2. The van der Waals surface area contributed by atoms with Gasteiger partial charge in [0.1, 0.15) is 5.82 Å². The normalized spacial score (nSPS) is 13.4. The third-order valence-electron chi connectivity index (χ3n) is 4.72. The zero-order chi connectivity index (χ0) is 19.8. The van der Waals surface area contributed by atoms with Gasteiger partial charge in [-0.15, -0.1) is 0 Å². The van der Waals surface area contributed by atoms with Gasteiger partial charge in [-0.05, 0) is 68.5 Å². The number of methoxy groups -OCH3 is 1. The summed E-state index contributed by atoms with van der Waals surface area (Å²) in [6.45, 7) is 0.650. The predicted molar refractivity (Wildman–Crippen MR) is 109 cm³/mol. The van der Waals surface area contributed by atoms with Gasteiger partial charge >= 0.3 is 5.97 Å². The van der Waals surface area contributed by atoms with Crippen molar-refractivity contribution in [2.45, 2.75) is 32.1 Å². The molecule has 0 spiro atoms. The van der Waals surface area contributed by atoms with Gasteiger partial charge in [0.25, 0.3) is 5.91 Å². The van der Waals surface area contributed by atoms with E-state index in [0.717, 1.165) is 24.9 Å². The standard InChI is InChI=1S/C22H25N3O3/c1-28-22(27)17-7-10-19(11-8-17)25-20-12-9-18(15-24-20)21(26)23-14-13-16-5-3-2-4-6-16/h5,7-12,15H,2-4,6,13-14H2,1H3,(H,23,26)(H,24,25). The number of carbonyl (C=O) groups excluding carboxylic acids is 2. The van der Waals surface area contributed by atoms with E-state index in [1.807, 2.05) is 0 Å². The lowest BCUT2D eigenvalue weighted by Gasteiger charge is -2.13. The number of ether oxygens (including phenoxy) is 1. The number of rotatable bonds is 7. The van der Waals surface area contributed by atoms with E-state index in [1.54, 1.807) is 42.6 Å². The topological polar surface area (TPSA) is 80.3 Å². The van der Waals surface area contributed by atoms with Crippen molar-refractivity contribution in [1.82, 2.24) is 10.3 Å². The van der Waals surface area contributed by atoms with Gasteiger partial charge in [-0.25, -0.2) is 9.78 Å². The van der Waals surface area contributed by atoms with Gasteiger partial charge in [-0.2, -0.15) is 0 Å². The Kier molecular flexibility index (Phi) is 6.78. The van der Waals surface area contributed by atoms with Crippen LogP contribution in [0.5, 0.6) is 0 Å². The molecule has 0 bridgehead atoms. The van der Waals surface area contributed by atoms with Gasteiger partial charge in [-0.1, -0.05) is 11.6 Å². The number of carbonyl (C=O) groups is 2. The maximum Gasteiger partial charge on any atom is 0.337 e. The molecule has 0 atom stereocenters. The molecule has 6 nitrogen and oxygen atoms in total. The van der Waals surface area contributed by atoms with Crippen LogP contribution in [0.25, 0.3) is 0 Å². The van der Waals surface area contributed by atoms with E-state index in [0.29, 0.717) is 23.5 Å². The molecule has 1 heterocycles. The van der Waals surface area contributed by atoms with Crippen LogP contribution >= 0.6 is 0 Å². The van der Waals surface area contributed by atoms with Crippen molar-refractivity contribution in [2.24, 2.45) is 0 Å². The van der Waals surface area contributed by atoms with Gasteiger partial charge < -0.3 is 15.4 Å². The van der Waals surface area contributed by atoms with E-state index in [4.69, 9.17) is 0 Å². The molecule has 1 aliphatic rings. The quantitative estimate of drug-likeness (QED) is 0.556. The van der Waals surface area contributed by atoms with Crippen LogP contribution in [0.4, 0.5) is 11.5 Å². The summed E-state index contributed by atoms with van der Waals surface area (Å²) in [5.74, 6) is 0.132. The minimum atomic E-state index is -0.375. The molecule has 1 amide bonds. The molecule has 146 valence electrons. The van der Waals surface area contributed by atoms with Crippen molar-refractivity contribution in [3.63, 3.8) is 0 Å². The number of aromatic nitrogens is 1. The van der Waals surface area contributed by atoms with E-state index in [2.05, 4.69) is 26.4 Å². The molecule has 0 unspecified atom stereocenters. The lowest BCUT2D eigenvalue weighted by atomic mass is 9.97. The molecule has 28 heavy (non-hydrogen) atoms. The monoisotopic (exact) mass is 379 g/mol. The average molecular weight is 379 g/mol. The summed E-state index contributed by atoms with van der Waals surface area (Å²) in [6, 6.07) is 10.4. The molecule has 0 aliphatic heterocycles. The minimum Gasteiger partial charge on any atom is -0.465 e. The van der Waals surface area contributed by atoms with E-state index in [9.17, 15) is 9.59 Å². The second-order valence-corrected chi connectivity index (χ2v) is 6.74. The lowest BCUT2D eigenvalue weighted by Crippen LogP contribution is -2.25. The van der Waals surface area contributed by atoms with Crippen molar-refractivity contribution in [3.8, 4) is 0 Å². The van der Waals surface area contributed by atoms with Gasteiger partial charge in [0, 0.05) is 18.4 Å². The van der Waals surface area contributed by atoms with Gasteiger partial charge in [-0.3, -0.25) is 4.79 Å².